The van der Waals surface area contributed by atoms with Crippen molar-refractivity contribution < 1.29 is 9.53 Å². The van der Waals surface area contributed by atoms with Gasteiger partial charge in [-0.25, -0.2) is 0 Å². The number of ether oxygens (including phenoxy) is 1. The SMILES string of the molecule is CCCCOCCN1C(=O)C(C(C)C)NC1CC. The van der Waals surface area contributed by atoms with E-state index in [4.69, 9.17) is 4.74 Å². The van der Waals surface area contributed by atoms with Crippen LogP contribution in [0.15, 0.2) is 0 Å². The van der Waals surface area contributed by atoms with Crippen LogP contribution in [0.1, 0.15) is 47.0 Å². The average molecular weight is 256 g/mol. The van der Waals surface area contributed by atoms with Crippen molar-refractivity contribution in [2.75, 3.05) is 19.8 Å². The minimum atomic E-state index is -0.0226. The molecule has 1 rings (SSSR count). The Morgan fingerprint density at radius 3 is 2.61 bits per heavy atom. The average Bonchev–Trinajstić information content (AvgIpc) is 2.66. The highest BCUT2D eigenvalue weighted by Crippen LogP contribution is 2.18. The molecule has 18 heavy (non-hydrogen) atoms. The quantitative estimate of drug-likeness (QED) is 0.675. The van der Waals surface area contributed by atoms with Crippen molar-refractivity contribution in [3.63, 3.8) is 0 Å². The molecule has 0 spiro atoms. The highest BCUT2D eigenvalue weighted by atomic mass is 16.5. The Kier molecular flexibility index (Phi) is 6.65. The molecule has 0 aromatic rings. The fraction of sp³-hybridized carbons (Fsp3) is 0.929. The maximum atomic E-state index is 12.2. The Balaban J connectivity index is 2.39. The molecular formula is C14H28N2O2. The van der Waals surface area contributed by atoms with Gasteiger partial charge in [-0.1, -0.05) is 34.1 Å². The summed E-state index contributed by atoms with van der Waals surface area (Å²) in [5, 5.41) is 3.41. The van der Waals surface area contributed by atoms with Gasteiger partial charge in [0, 0.05) is 13.2 Å². The number of hydrogen-bond acceptors (Lipinski definition) is 3. The van der Waals surface area contributed by atoms with Crippen LogP contribution >= 0.6 is 0 Å². The molecule has 1 fully saturated rings. The van der Waals surface area contributed by atoms with Gasteiger partial charge in [0.2, 0.25) is 5.91 Å². The van der Waals surface area contributed by atoms with Crippen LogP contribution in [0.25, 0.3) is 0 Å². The van der Waals surface area contributed by atoms with Crippen molar-refractivity contribution in [1.82, 2.24) is 10.2 Å². The zero-order valence-electron chi connectivity index (χ0n) is 12.2. The van der Waals surface area contributed by atoms with Crippen molar-refractivity contribution in [3.8, 4) is 0 Å². The summed E-state index contributed by atoms with van der Waals surface area (Å²) in [7, 11) is 0. The lowest BCUT2D eigenvalue weighted by molar-refractivity contribution is -0.131. The standard InChI is InChI=1S/C14H28N2O2/c1-5-7-9-18-10-8-16-12(6-2)15-13(11(3)4)14(16)17/h11-13,15H,5-10H2,1-4H3. The summed E-state index contributed by atoms with van der Waals surface area (Å²) in [6, 6.07) is -0.0226. The van der Waals surface area contributed by atoms with Gasteiger partial charge in [0.1, 0.15) is 0 Å². The topological polar surface area (TPSA) is 41.6 Å². The monoisotopic (exact) mass is 256 g/mol. The number of nitrogens with zero attached hydrogens (tertiary/aromatic N) is 1. The molecule has 1 amide bonds. The molecule has 1 aliphatic rings. The van der Waals surface area contributed by atoms with Crippen LogP contribution in [0.2, 0.25) is 0 Å². The van der Waals surface area contributed by atoms with Crippen LogP contribution < -0.4 is 5.32 Å². The van der Waals surface area contributed by atoms with E-state index in [1.807, 2.05) is 4.90 Å². The molecule has 0 aromatic heterocycles. The Morgan fingerprint density at radius 1 is 1.33 bits per heavy atom. The molecule has 1 N–H and O–H groups in total. The number of unbranched alkanes of at least 4 members (excludes halogenated alkanes) is 1. The molecule has 106 valence electrons. The van der Waals surface area contributed by atoms with Crippen LogP contribution in [0, 0.1) is 5.92 Å². The fourth-order valence-electron chi connectivity index (χ4n) is 2.29. The van der Waals surface area contributed by atoms with E-state index in [0.29, 0.717) is 19.1 Å². The van der Waals surface area contributed by atoms with Crippen LogP contribution in [-0.2, 0) is 9.53 Å². The molecule has 1 aliphatic heterocycles. The molecule has 0 saturated carbocycles. The van der Waals surface area contributed by atoms with Gasteiger partial charge in [-0.05, 0) is 18.8 Å². The van der Waals surface area contributed by atoms with Gasteiger partial charge in [0.05, 0.1) is 18.8 Å². The first kappa shape index (κ1) is 15.4. The summed E-state index contributed by atoms with van der Waals surface area (Å²) in [6.45, 7) is 10.6. The van der Waals surface area contributed by atoms with Gasteiger partial charge >= 0.3 is 0 Å². The van der Waals surface area contributed by atoms with Crippen molar-refractivity contribution >= 4 is 5.91 Å². The van der Waals surface area contributed by atoms with Crippen molar-refractivity contribution in [3.05, 3.63) is 0 Å². The van der Waals surface area contributed by atoms with E-state index in [1.165, 1.54) is 0 Å². The molecule has 2 unspecified atom stereocenters. The smallest absolute Gasteiger partial charge is 0.241 e. The van der Waals surface area contributed by atoms with E-state index in [-0.39, 0.29) is 18.1 Å². The van der Waals surface area contributed by atoms with Gasteiger partial charge in [0.25, 0.3) is 0 Å². The third kappa shape index (κ3) is 3.95. The Hall–Kier alpha value is -0.610. The van der Waals surface area contributed by atoms with Gasteiger partial charge in [-0.3, -0.25) is 10.1 Å². The number of rotatable bonds is 8. The highest BCUT2D eigenvalue weighted by Gasteiger charge is 2.38. The largest absolute Gasteiger partial charge is 0.380 e. The van der Waals surface area contributed by atoms with E-state index in [2.05, 4.69) is 33.0 Å². The number of nitrogens with one attached hydrogen (secondary N) is 1. The first-order chi connectivity index (χ1) is 8.61. The van der Waals surface area contributed by atoms with E-state index < -0.39 is 0 Å². The second kappa shape index (κ2) is 7.74. The molecule has 2 atom stereocenters. The summed E-state index contributed by atoms with van der Waals surface area (Å²) in [6.07, 6.45) is 3.37. The highest BCUT2D eigenvalue weighted by molar-refractivity contribution is 5.84. The van der Waals surface area contributed by atoms with Crippen molar-refractivity contribution in [2.45, 2.75) is 59.2 Å². The molecule has 0 aliphatic carbocycles. The molecule has 1 heterocycles. The second-order valence-electron chi connectivity index (χ2n) is 5.31. The van der Waals surface area contributed by atoms with Gasteiger partial charge < -0.3 is 9.64 Å². The number of hydrogen-bond donors (Lipinski definition) is 1. The summed E-state index contributed by atoms with van der Waals surface area (Å²) < 4.78 is 5.55. The second-order valence-corrected chi connectivity index (χ2v) is 5.31. The van der Waals surface area contributed by atoms with E-state index in [0.717, 1.165) is 25.9 Å². The zero-order chi connectivity index (χ0) is 13.5. The fourth-order valence-corrected chi connectivity index (χ4v) is 2.29. The van der Waals surface area contributed by atoms with Crippen molar-refractivity contribution in [1.29, 1.82) is 0 Å². The van der Waals surface area contributed by atoms with Gasteiger partial charge in [-0.2, -0.15) is 0 Å². The number of amides is 1. The molecular weight excluding hydrogens is 228 g/mol. The Labute approximate surface area is 111 Å². The zero-order valence-corrected chi connectivity index (χ0v) is 12.2. The maximum Gasteiger partial charge on any atom is 0.241 e. The molecule has 4 nitrogen and oxygen atoms in total. The van der Waals surface area contributed by atoms with E-state index in [9.17, 15) is 4.79 Å². The van der Waals surface area contributed by atoms with E-state index in [1.54, 1.807) is 0 Å². The number of carbonyl (C=O) groups excluding carboxylic acids is 1. The summed E-state index contributed by atoms with van der Waals surface area (Å²) in [5.74, 6) is 0.577. The van der Waals surface area contributed by atoms with Gasteiger partial charge in [-0.15, -0.1) is 0 Å². The summed E-state index contributed by atoms with van der Waals surface area (Å²) >= 11 is 0. The molecule has 4 heteroatoms. The third-order valence-electron chi connectivity index (χ3n) is 3.47. The van der Waals surface area contributed by atoms with Crippen LogP contribution in [-0.4, -0.2) is 42.8 Å². The Morgan fingerprint density at radius 2 is 2.06 bits per heavy atom. The summed E-state index contributed by atoms with van der Waals surface area (Å²) in [4.78, 5) is 14.2. The van der Waals surface area contributed by atoms with Crippen molar-refractivity contribution in [2.24, 2.45) is 5.92 Å². The third-order valence-corrected chi connectivity index (χ3v) is 3.47. The van der Waals surface area contributed by atoms with E-state index >= 15 is 0 Å². The predicted octanol–water partition coefficient (Wildman–Crippen LogP) is 2.00. The van der Waals surface area contributed by atoms with Crippen LogP contribution in [0.4, 0.5) is 0 Å². The minimum Gasteiger partial charge on any atom is -0.380 e. The lowest BCUT2D eigenvalue weighted by atomic mass is 10.1. The first-order valence-corrected chi connectivity index (χ1v) is 7.26. The lowest BCUT2D eigenvalue weighted by Crippen LogP contribution is -2.39. The van der Waals surface area contributed by atoms with Crippen LogP contribution in [0.3, 0.4) is 0 Å². The maximum absolute atomic E-state index is 12.2. The normalized spacial score (nSPS) is 24.3. The van der Waals surface area contributed by atoms with Crippen LogP contribution in [0.5, 0.6) is 0 Å². The van der Waals surface area contributed by atoms with Gasteiger partial charge in [0.15, 0.2) is 0 Å². The minimum absolute atomic E-state index is 0.0226. The molecule has 0 bridgehead atoms. The molecule has 0 aromatic carbocycles. The molecule has 1 saturated heterocycles. The lowest BCUT2D eigenvalue weighted by Gasteiger charge is -2.22. The number of carbonyl (C=O) groups is 1. The summed E-state index contributed by atoms with van der Waals surface area (Å²) in [5.41, 5.74) is 0. The molecule has 0 radical (unpaired) electrons. The predicted molar refractivity (Wildman–Crippen MR) is 73.3 cm³/mol. The first-order valence-electron chi connectivity index (χ1n) is 7.26. The Bertz CT molecular complexity index is 256.